The fourth-order valence-corrected chi connectivity index (χ4v) is 3.07. The average molecular weight is 350 g/mol. The van der Waals surface area contributed by atoms with Gasteiger partial charge in [0.25, 0.3) is 0 Å². The van der Waals surface area contributed by atoms with Gasteiger partial charge in [-0.1, -0.05) is 12.1 Å². The molecule has 0 aliphatic carbocycles. The second kappa shape index (κ2) is 6.01. The molecule has 26 heavy (non-hydrogen) atoms. The van der Waals surface area contributed by atoms with Crippen LogP contribution in [-0.2, 0) is 0 Å². The largest absolute Gasteiger partial charge is 0.420 e. The number of nitriles is 1. The van der Waals surface area contributed by atoms with E-state index in [4.69, 9.17) is 10.5 Å². The molecule has 1 aliphatic rings. The zero-order chi connectivity index (χ0) is 18.3. The van der Waals surface area contributed by atoms with Crippen LogP contribution in [0.25, 0.3) is 11.3 Å². The number of rotatable bonds is 2. The molecule has 0 spiro atoms. The monoisotopic (exact) mass is 350 g/mol. The molecular weight excluding hydrogens is 338 g/mol. The fourth-order valence-electron chi connectivity index (χ4n) is 3.07. The molecule has 3 aromatic rings. The molecular formula is C19H12F2N4O. The van der Waals surface area contributed by atoms with Crippen molar-refractivity contribution in [1.29, 1.82) is 5.26 Å². The maximum absolute atomic E-state index is 13.3. The van der Waals surface area contributed by atoms with Crippen molar-refractivity contribution >= 4 is 0 Å². The SMILES string of the molecule is N#CC1=C(N)Oc2n[nH]c(-c3ccc(F)cc3)c2[C@@H]1c1ccc(F)cc1. The minimum atomic E-state index is -0.580. The Labute approximate surface area is 147 Å². The molecule has 0 fully saturated rings. The Hall–Kier alpha value is -3.66. The van der Waals surface area contributed by atoms with Crippen LogP contribution < -0.4 is 10.5 Å². The lowest BCUT2D eigenvalue weighted by atomic mass is 9.83. The number of hydrogen-bond acceptors (Lipinski definition) is 4. The number of fused-ring (bicyclic) bond motifs is 1. The first kappa shape index (κ1) is 15.8. The molecule has 2 heterocycles. The zero-order valence-corrected chi connectivity index (χ0v) is 13.3. The molecule has 0 saturated heterocycles. The number of hydrogen-bond donors (Lipinski definition) is 2. The third-order valence-electron chi connectivity index (χ3n) is 4.28. The van der Waals surface area contributed by atoms with E-state index in [1.165, 1.54) is 24.3 Å². The van der Waals surface area contributed by atoms with Crippen molar-refractivity contribution in [2.75, 3.05) is 0 Å². The molecule has 7 heteroatoms. The van der Waals surface area contributed by atoms with Crippen molar-refractivity contribution in [2.45, 2.75) is 5.92 Å². The molecule has 5 nitrogen and oxygen atoms in total. The van der Waals surface area contributed by atoms with E-state index in [0.717, 1.165) is 0 Å². The summed E-state index contributed by atoms with van der Waals surface area (Å²) in [7, 11) is 0. The van der Waals surface area contributed by atoms with Crippen molar-refractivity contribution < 1.29 is 13.5 Å². The Morgan fingerprint density at radius 3 is 2.27 bits per heavy atom. The third kappa shape index (κ3) is 2.48. The van der Waals surface area contributed by atoms with E-state index in [1.54, 1.807) is 24.3 Å². The summed E-state index contributed by atoms with van der Waals surface area (Å²) < 4.78 is 32.1. The Kier molecular flexibility index (Phi) is 3.66. The van der Waals surface area contributed by atoms with Gasteiger partial charge >= 0.3 is 0 Å². The number of aromatic nitrogens is 2. The Morgan fingerprint density at radius 1 is 1.04 bits per heavy atom. The molecule has 3 N–H and O–H groups in total. The lowest BCUT2D eigenvalue weighted by Crippen LogP contribution is -2.21. The number of nitrogens with two attached hydrogens (primary N) is 1. The molecule has 128 valence electrons. The summed E-state index contributed by atoms with van der Waals surface area (Å²) in [6, 6.07) is 13.7. The Balaban J connectivity index is 1.93. The predicted octanol–water partition coefficient (Wildman–Crippen LogP) is 3.57. The third-order valence-corrected chi connectivity index (χ3v) is 4.28. The van der Waals surface area contributed by atoms with Crippen LogP contribution in [0.3, 0.4) is 0 Å². The molecule has 0 unspecified atom stereocenters. The number of nitrogens with one attached hydrogen (secondary N) is 1. The second-order valence-electron chi connectivity index (χ2n) is 5.80. The summed E-state index contributed by atoms with van der Waals surface area (Å²) in [6.45, 7) is 0. The molecule has 0 amide bonds. The van der Waals surface area contributed by atoms with Crippen LogP contribution in [0.1, 0.15) is 17.0 Å². The highest BCUT2D eigenvalue weighted by atomic mass is 19.1. The Morgan fingerprint density at radius 2 is 1.65 bits per heavy atom. The van der Waals surface area contributed by atoms with Crippen LogP contribution >= 0.6 is 0 Å². The molecule has 0 saturated carbocycles. The van der Waals surface area contributed by atoms with E-state index in [-0.39, 0.29) is 29.0 Å². The van der Waals surface area contributed by atoms with Crippen LogP contribution in [0, 0.1) is 23.0 Å². The van der Waals surface area contributed by atoms with Crippen molar-refractivity contribution in [3.8, 4) is 23.2 Å². The van der Waals surface area contributed by atoms with Crippen LogP contribution in [0.5, 0.6) is 5.88 Å². The van der Waals surface area contributed by atoms with Gasteiger partial charge < -0.3 is 10.5 Å². The number of halogens is 2. The fraction of sp³-hybridized carbons (Fsp3) is 0.0526. The van der Waals surface area contributed by atoms with Gasteiger partial charge in [-0.15, -0.1) is 5.10 Å². The predicted molar refractivity (Wildman–Crippen MR) is 89.7 cm³/mol. The van der Waals surface area contributed by atoms with E-state index in [9.17, 15) is 14.0 Å². The first-order valence-electron chi connectivity index (χ1n) is 7.75. The van der Waals surface area contributed by atoms with E-state index in [2.05, 4.69) is 16.3 Å². The van der Waals surface area contributed by atoms with Gasteiger partial charge in [-0.05, 0) is 42.0 Å². The minimum Gasteiger partial charge on any atom is -0.420 e. The van der Waals surface area contributed by atoms with Gasteiger partial charge in [-0.3, -0.25) is 5.10 Å². The van der Waals surface area contributed by atoms with Crippen molar-refractivity contribution in [3.05, 3.63) is 82.7 Å². The minimum absolute atomic E-state index is 0.0496. The Bertz CT molecular complexity index is 1050. The van der Waals surface area contributed by atoms with Crippen molar-refractivity contribution in [3.63, 3.8) is 0 Å². The summed E-state index contributed by atoms with van der Waals surface area (Å²) >= 11 is 0. The number of allylic oxidation sites excluding steroid dienone is 1. The number of ether oxygens (including phenoxy) is 1. The summed E-state index contributed by atoms with van der Waals surface area (Å²) in [6.07, 6.45) is 0. The number of aromatic amines is 1. The molecule has 1 aromatic heterocycles. The molecule has 1 aliphatic heterocycles. The van der Waals surface area contributed by atoms with Gasteiger partial charge in [-0.25, -0.2) is 8.78 Å². The highest BCUT2D eigenvalue weighted by molar-refractivity contribution is 5.70. The zero-order valence-electron chi connectivity index (χ0n) is 13.3. The smallest absolute Gasteiger partial charge is 0.244 e. The molecule has 2 aromatic carbocycles. The average Bonchev–Trinajstić information content (AvgIpc) is 3.05. The summed E-state index contributed by atoms with van der Waals surface area (Å²) in [5.41, 5.74) is 8.60. The molecule has 1 atom stereocenters. The molecule has 0 radical (unpaired) electrons. The van der Waals surface area contributed by atoms with Crippen LogP contribution in [0.15, 0.2) is 60.0 Å². The van der Waals surface area contributed by atoms with Crippen LogP contribution in [-0.4, -0.2) is 10.2 Å². The lowest BCUT2D eigenvalue weighted by Gasteiger charge is -2.24. The number of H-pyrrole nitrogens is 1. The topological polar surface area (TPSA) is 87.7 Å². The van der Waals surface area contributed by atoms with Gasteiger partial charge in [-0.2, -0.15) is 5.26 Å². The first-order chi connectivity index (χ1) is 12.6. The summed E-state index contributed by atoms with van der Waals surface area (Å²) in [4.78, 5) is 0. The normalized spacial score (nSPS) is 16.0. The van der Waals surface area contributed by atoms with Crippen LogP contribution in [0.4, 0.5) is 8.78 Å². The quantitative estimate of drug-likeness (QED) is 0.739. The van der Waals surface area contributed by atoms with E-state index in [1.807, 2.05) is 0 Å². The molecule has 4 rings (SSSR count). The number of benzene rings is 2. The summed E-state index contributed by atoms with van der Waals surface area (Å²) in [5.74, 6) is -1.15. The maximum Gasteiger partial charge on any atom is 0.244 e. The van der Waals surface area contributed by atoms with Crippen molar-refractivity contribution in [1.82, 2.24) is 10.2 Å². The van der Waals surface area contributed by atoms with E-state index in [0.29, 0.717) is 22.4 Å². The lowest BCUT2D eigenvalue weighted by molar-refractivity contribution is 0.379. The highest BCUT2D eigenvalue weighted by Gasteiger charge is 2.35. The van der Waals surface area contributed by atoms with Gasteiger partial charge in [0.2, 0.25) is 11.8 Å². The van der Waals surface area contributed by atoms with E-state index < -0.39 is 5.92 Å². The second-order valence-corrected chi connectivity index (χ2v) is 5.80. The standard InChI is InChI=1S/C19H12F2N4O/c20-12-5-1-10(2-6-12)15-14(9-22)18(23)26-19-16(15)17(24-25-19)11-3-7-13(21)8-4-11/h1-8,15H,23H2,(H,24,25)/t15-/m1/s1. The van der Waals surface area contributed by atoms with Gasteiger partial charge in [0, 0.05) is 5.56 Å². The summed E-state index contributed by atoms with van der Waals surface area (Å²) in [5, 5.41) is 16.6. The maximum atomic E-state index is 13.3. The van der Waals surface area contributed by atoms with Crippen LogP contribution in [0.2, 0.25) is 0 Å². The van der Waals surface area contributed by atoms with Crippen molar-refractivity contribution in [2.24, 2.45) is 5.73 Å². The molecule has 0 bridgehead atoms. The van der Waals surface area contributed by atoms with Gasteiger partial charge in [0.05, 0.1) is 17.2 Å². The van der Waals surface area contributed by atoms with E-state index >= 15 is 0 Å². The van der Waals surface area contributed by atoms with Gasteiger partial charge in [0.15, 0.2) is 0 Å². The number of nitrogens with zero attached hydrogens (tertiary/aromatic N) is 2. The highest BCUT2D eigenvalue weighted by Crippen LogP contribution is 2.45. The van der Waals surface area contributed by atoms with Gasteiger partial charge in [0.1, 0.15) is 23.3 Å². The first-order valence-corrected chi connectivity index (χ1v) is 7.75.